The van der Waals surface area contributed by atoms with Crippen molar-refractivity contribution in [1.29, 1.82) is 0 Å². The zero-order valence-electron chi connectivity index (χ0n) is 11.5. The molecule has 2 heterocycles. The Bertz CT molecular complexity index is 778. The van der Waals surface area contributed by atoms with Gasteiger partial charge < -0.3 is 9.64 Å². The lowest BCUT2D eigenvalue weighted by Crippen LogP contribution is -2.25. The lowest BCUT2D eigenvalue weighted by Gasteiger charge is -2.26. The molecule has 0 N–H and O–H groups in total. The molecule has 0 bridgehead atoms. The van der Waals surface area contributed by atoms with Gasteiger partial charge in [-0.15, -0.1) is 0 Å². The third kappa shape index (κ3) is 2.01. The topological polar surface area (TPSA) is 24.8 Å². The summed E-state index contributed by atoms with van der Waals surface area (Å²) < 4.78 is 5.74. The van der Waals surface area contributed by atoms with Gasteiger partial charge in [-0.1, -0.05) is 35.9 Å². The van der Waals surface area contributed by atoms with Crippen molar-refractivity contribution in [3.8, 4) is 5.75 Å². The number of para-hydroxylation sites is 1. The Labute approximate surface area is 128 Å². The van der Waals surface area contributed by atoms with E-state index in [2.05, 4.69) is 28.9 Å². The first kappa shape index (κ1) is 12.5. The van der Waals surface area contributed by atoms with Crippen LogP contribution in [0, 0.1) is 6.92 Å². The Morgan fingerprint density at radius 1 is 1.14 bits per heavy atom. The van der Waals surface area contributed by atoms with Crippen LogP contribution in [0.15, 0.2) is 59.5 Å². The second-order valence-electron chi connectivity index (χ2n) is 5.17. The zero-order valence-corrected chi connectivity index (χ0v) is 12.3. The van der Waals surface area contributed by atoms with Gasteiger partial charge in [0.2, 0.25) is 0 Å². The Morgan fingerprint density at radius 2 is 1.95 bits per heavy atom. The van der Waals surface area contributed by atoms with E-state index >= 15 is 0 Å². The van der Waals surface area contributed by atoms with Crippen molar-refractivity contribution in [2.75, 3.05) is 11.4 Å². The van der Waals surface area contributed by atoms with Crippen molar-refractivity contribution >= 4 is 23.0 Å². The number of hydrogen-bond acceptors (Lipinski definition) is 3. The molecule has 2 aliphatic heterocycles. The van der Waals surface area contributed by atoms with Crippen LogP contribution in [0.3, 0.4) is 0 Å². The minimum absolute atomic E-state index is 0.735. The fraction of sp³-hybridized carbons (Fsp3) is 0.118. The van der Waals surface area contributed by atoms with E-state index in [-0.39, 0.29) is 0 Å². The molecule has 3 nitrogen and oxygen atoms in total. The molecule has 4 heteroatoms. The van der Waals surface area contributed by atoms with Crippen LogP contribution in [0.2, 0.25) is 5.02 Å². The van der Waals surface area contributed by atoms with Crippen molar-refractivity contribution in [1.82, 2.24) is 0 Å². The molecule has 0 fully saturated rings. The number of rotatable bonds is 1. The molecule has 0 aromatic heterocycles. The summed E-state index contributed by atoms with van der Waals surface area (Å²) in [6, 6.07) is 13.9. The van der Waals surface area contributed by atoms with Crippen LogP contribution >= 0.6 is 11.6 Å². The SMILES string of the molecule is Cc1cccc2c1OC=C1N=C(c3ccc(Cl)cc3)CN12. The molecule has 0 spiro atoms. The Hall–Kier alpha value is -2.26. The Balaban J connectivity index is 1.72. The molecule has 2 aromatic carbocycles. The second kappa shape index (κ2) is 4.64. The average molecular weight is 297 g/mol. The quantitative estimate of drug-likeness (QED) is 0.790. The molecule has 2 aliphatic rings. The fourth-order valence-electron chi connectivity index (χ4n) is 2.68. The average Bonchev–Trinajstić information content (AvgIpc) is 2.93. The molecule has 0 radical (unpaired) electrons. The monoisotopic (exact) mass is 296 g/mol. The lowest BCUT2D eigenvalue weighted by molar-refractivity contribution is 0.460. The van der Waals surface area contributed by atoms with Gasteiger partial charge in [0.1, 0.15) is 6.26 Å². The number of nitrogens with zero attached hydrogens (tertiary/aromatic N) is 2. The van der Waals surface area contributed by atoms with Crippen molar-refractivity contribution in [3.63, 3.8) is 0 Å². The normalized spacial score (nSPS) is 15.8. The summed E-state index contributed by atoms with van der Waals surface area (Å²) in [6.45, 7) is 2.79. The Kier molecular flexibility index (Phi) is 2.76. The predicted molar refractivity (Wildman–Crippen MR) is 85.2 cm³/mol. The molecule has 0 saturated heterocycles. The van der Waals surface area contributed by atoms with E-state index in [4.69, 9.17) is 16.3 Å². The molecular formula is C17H13ClN2O. The summed E-state index contributed by atoms with van der Waals surface area (Å²) in [5.41, 5.74) is 4.31. The van der Waals surface area contributed by atoms with Crippen molar-refractivity contribution < 1.29 is 4.74 Å². The number of aryl methyl sites for hydroxylation is 1. The smallest absolute Gasteiger partial charge is 0.169 e. The minimum atomic E-state index is 0.735. The third-order valence-corrected chi connectivity index (χ3v) is 4.03. The first-order valence-electron chi connectivity index (χ1n) is 6.80. The van der Waals surface area contributed by atoms with Crippen LogP contribution in [0.1, 0.15) is 11.1 Å². The minimum Gasteiger partial charge on any atom is -0.459 e. The second-order valence-corrected chi connectivity index (χ2v) is 5.61. The van der Waals surface area contributed by atoms with Crippen molar-refractivity contribution in [2.45, 2.75) is 6.92 Å². The molecule has 4 rings (SSSR count). The third-order valence-electron chi connectivity index (χ3n) is 3.78. The molecule has 21 heavy (non-hydrogen) atoms. The van der Waals surface area contributed by atoms with Gasteiger partial charge in [0, 0.05) is 5.02 Å². The van der Waals surface area contributed by atoms with Crippen LogP contribution in [0.25, 0.3) is 0 Å². The first-order valence-corrected chi connectivity index (χ1v) is 7.18. The van der Waals surface area contributed by atoms with Gasteiger partial charge in [-0.05, 0) is 36.2 Å². The fourth-order valence-corrected chi connectivity index (χ4v) is 2.80. The maximum Gasteiger partial charge on any atom is 0.169 e. The van der Waals surface area contributed by atoms with E-state index in [0.717, 1.165) is 45.7 Å². The van der Waals surface area contributed by atoms with Crippen LogP contribution < -0.4 is 9.64 Å². The van der Waals surface area contributed by atoms with E-state index in [0.29, 0.717) is 0 Å². The van der Waals surface area contributed by atoms with Crippen LogP contribution in [-0.2, 0) is 0 Å². The number of anilines is 1. The van der Waals surface area contributed by atoms with Gasteiger partial charge in [0.15, 0.2) is 11.6 Å². The molecule has 0 amide bonds. The highest BCUT2D eigenvalue weighted by atomic mass is 35.5. The van der Waals surface area contributed by atoms with E-state index < -0.39 is 0 Å². The molecule has 0 saturated carbocycles. The van der Waals surface area contributed by atoms with E-state index in [9.17, 15) is 0 Å². The summed E-state index contributed by atoms with van der Waals surface area (Å²) in [7, 11) is 0. The van der Waals surface area contributed by atoms with Gasteiger partial charge in [0.25, 0.3) is 0 Å². The Morgan fingerprint density at radius 3 is 2.76 bits per heavy atom. The van der Waals surface area contributed by atoms with Gasteiger partial charge in [-0.2, -0.15) is 0 Å². The predicted octanol–water partition coefficient (Wildman–Crippen LogP) is 4.15. The molecule has 2 aromatic rings. The number of fused-ring (bicyclic) bond motifs is 3. The van der Waals surface area contributed by atoms with E-state index in [1.54, 1.807) is 6.26 Å². The number of hydrogen-bond donors (Lipinski definition) is 0. The highest BCUT2D eigenvalue weighted by Crippen LogP contribution is 2.39. The van der Waals surface area contributed by atoms with Crippen molar-refractivity contribution in [2.24, 2.45) is 4.99 Å². The van der Waals surface area contributed by atoms with Gasteiger partial charge in [0.05, 0.1) is 17.9 Å². The standard InChI is InChI=1S/C17H13ClN2O/c1-11-3-2-4-15-17(11)21-10-16-19-14(9-20(15)16)12-5-7-13(18)8-6-12/h2-8,10H,9H2,1H3. The molecule has 0 atom stereocenters. The summed E-state index contributed by atoms with van der Waals surface area (Å²) in [5, 5.41) is 0.735. The maximum absolute atomic E-state index is 5.94. The van der Waals surface area contributed by atoms with Crippen LogP contribution in [0.5, 0.6) is 5.75 Å². The van der Waals surface area contributed by atoms with E-state index in [1.807, 2.05) is 30.3 Å². The number of ether oxygens (including phenoxy) is 1. The van der Waals surface area contributed by atoms with E-state index in [1.165, 1.54) is 0 Å². The highest BCUT2D eigenvalue weighted by molar-refractivity contribution is 6.30. The summed E-state index contributed by atoms with van der Waals surface area (Å²) in [6.07, 6.45) is 1.72. The number of halogens is 1. The molecule has 0 unspecified atom stereocenters. The lowest BCUT2D eigenvalue weighted by atomic mass is 10.1. The van der Waals surface area contributed by atoms with Crippen LogP contribution in [0.4, 0.5) is 5.69 Å². The summed E-state index contributed by atoms with van der Waals surface area (Å²) in [4.78, 5) is 6.85. The number of benzene rings is 2. The molecule has 104 valence electrons. The first-order chi connectivity index (χ1) is 10.2. The summed E-state index contributed by atoms with van der Waals surface area (Å²) >= 11 is 5.94. The maximum atomic E-state index is 5.94. The highest BCUT2D eigenvalue weighted by Gasteiger charge is 2.29. The zero-order chi connectivity index (χ0) is 14.4. The number of aliphatic imine (C=N–C) groups is 1. The molecular weight excluding hydrogens is 284 g/mol. The van der Waals surface area contributed by atoms with Gasteiger partial charge in [-0.25, -0.2) is 4.99 Å². The summed E-state index contributed by atoms with van der Waals surface area (Å²) in [5.74, 6) is 1.76. The van der Waals surface area contributed by atoms with Crippen molar-refractivity contribution in [3.05, 3.63) is 70.7 Å². The van der Waals surface area contributed by atoms with Gasteiger partial charge in [-0.3, -0.25) is 0 Å². The van der Waals surface area contributed by atoms with Crippen LogP contribution in [-0.4, -0.2) is 12.3 Å². The van der Waals surface area contributed by atoms with Gasteiger partial charge >= 0.3 is 0 Å². The molecule has 0 aliphatic carbocycles. The largest absolute Gasteiger partial charge is 0.459 e.